The number of piperidine rings is 1. The lowest BCUT2D eigenvalue weighted by Gasteiger charge is -2.24. The smallest absolute Gasteiger partial charge is 0.251 e. The minimum atomic E-state index is -0.630. The fraction of sp³-hybridized carbons (Fsp3) is 0.263. The number of imidazole rings is 1. The number of hydrogen-bond donors (Lipinski definition) is 3. The second-order valence-electron chi connectivity index (χ2n) is 6.54. The van der Waals surface area contributed by atoms with Crippen LogP contribution in [0.1, 0.15) is 41.2 Å². The third kappa shape index (κ3) is 3.06. The van der Waals surface area contributed by atoms with Gasteiger partial charge >= 0.3 is 0 Å². The van der Waals surface area contributed by atoms with Gasteiger partial charge in [0.15, 0.2) is 0 Å². The molecule has 26 heavy (non-hydrogen) atoms. The van der Waals surface area contributed by atoms with E-state index in [2.05, 4.69) is 15.3 Å². The molecule has 1 aliphatic rings. The van der Waals surface area contributed by atoms with E-state index in [-0.39, 0.29) is 17.4 Å². The largest absolute Gasteiger partial charge is 0.366 e. The Balaban J connectivity index is 1.75. The zero-order chi connectivity index (χ0) is 18.3. The van der Waals surface area contributed by atoms with Crippen LogP contribution in [0.5, 0.6) is 0 Å². The number of fused-ring (bicyclic) bond motifs is 1. The van der Waals surface area contributed by atoms with E-state index < -0.39 is 5.91 Å². The van der Waals surface area contributed by atoms with Crippen molar-refractivity contribution >= 4 is 28.5 Å². The molecule has 2 aromatic carbocycles. The van der Waals surface area contributed by atoms with Crippen molar-refractivity contribution in [1.82, 2.24) is 15.3 Å². The number of halogens is 2. The van der Waals surface area contributed by atoms with E-state index in [1.807, 2.05) is 6.07 Å². The first kappa shape index (κ1) is 17.0. The summed E-state index contributed by atoms with van der Waals surface area (Å²) in [5.41, 5.74) is 7.80. The molecular weight excluding hydrogens is 355 g/mol. The van der Waals surface area contributed by atoms with Crippen molar-refractivity contribution in [2.75, 3.05) is 6.54 Å². The number of nitrogens with one attached hydrogen (secondary N) is 2. The minimum absolute atomic E-state index is 0.184. The Morgan fingerprint density at radius 1 is 1.27 bits per heavy atom. The lowest BCUT2D eigenvalue weighted by atomic mass is 9.96. The maximum Gasteiger partial charge on any atom is 0.251 e. The maximum atomic E-state index is 14.8. The van der Waals surface area contributed by atoms with Gasteiger partial charge < -0.3 is 16.0 Å². The van der Waals surface area contributed by atoms with Gasteiger partial charge in [0.05, 0.1) is 16.6 Å². The van der Waals surface area contributed by atoms with Crippen LogP contribution in [-0.4, -0.2) is 22.4 Å². The van der Waals surface area contributed by atoms with E-state index in [9.17, 15) is 9.18 Å². The Bertz CT molecular complexity index is 995. The number of primary amides is 1. The van der Waals surface area contributed by atoms with Crippen LogP contribution in [-0.2, 0) is 0 Å². The van der Waals surface area contributed by atoms with Crippen molar-refractivity contribution in [2.24, 2.45) is 5.73 Å². The van der Waals surface area contributed by atoms with Gasteiger partial charge in [0.2, 0.25) is 0 Å². The van der Waals surface area contributed by atoms with Gasteiger partial charge in [-0.2, -0.15) is 0 Å². The lowest BCUT2D eigenvalue weighted by molar-refractivity contribution is 0.100. The van der Waals surface area contributed by atoms with E-state index in [1.165, 1.54) is 6.07 Å². The summed E-state index contributed by atoms with van der Waals surface area (Å²) < 4.78 is 14.8. The summed E-state index contributed by atoms with van der Waals surface area (Å²) in [7, 11) is 0. The molecule has 134 valence electrons. The van der Waals surface area contributed by atoms with Gasteiger partial charge in [-0.1, -0.05) is 24.1 Å². The van der Waals surface area contributed by atoms with Gasteiger partial charge in [-0.25, -0.2) is 9.37 Å². The first-order chi connectivity index (χ1) is 12.5. The number of hydrogen-bond acceptors (Lipinski definition) is 3. The monoisotopic (exact) mass is 372 g/mol. The zero-order valence-corrected chi connectivity index (χ0v) is 14.7. The SMILES string of the molecule is NC(=O)c1cc(Cl)cc2[nH]c(-c3ccc(C4CCCCN4)cc3F)nc12. The van der Waals surface area contributed by atoms with Crippen LogP contribution in [0.4, 0.5) is 4.39 Å². The molecule has 1 unspecified atom stereocenters. The number of H-pyrrole nitrogens is 1. The molecule has 1 aromatic heterocycles. The van der Waals surface area contributed by atoms with Gasteiger partial charge in [-0.05, 0) is 49.2 Å². The van der Waals surface area contributed by atoms with E-state index in [0.717, 1.165) is 31.4 Å². The predicted molar refractivity (Wildman–Crippen MR) is 99.6 cm³/mol. The van der Waals surface area contributed by atoms with E-state index in [1.54, 1.807) is 18.2 Å². The van der Waals surface area contributed by atoms with Crippen LogP contribution >= 0.6 is 11.6 Å². The summed E-state index contributed by atoms with van der Waals surface area (Å²) in [6, 6.07) is 8.46. The fourth-order valence-corrected chi connectivity index (χ4v) is 3.69. The molecule has 1 amide bonds. The van der Waals surface area contributed by atoms with Crippen molar-refractivity contribution in [3.8, 4) is 11.4 Å². The molecule has 0 saturated carbocycles. The number of aromatic amines is 1. The topological polar surface area (TPSA) is 83.8 Å². The highest BCUT2D eigenvalue weighted by atomic mass is 35.5. The molecule has 1 aliphatic heterocycles. The summed E-state index contributed by atoms with van der Waals surface area (Å²) in [4.78, 5) is 19.0. The third-order valence-electron chi connectivity index (χ3n) is 4.78. The number of aromatic nitrogens is 2. The van der Waals surface area contributed by atoms with Gasteiger partial charge in [-0.15, -0.1) is 0 Å². The van der Waals surface area contributed by atoms with Crippen LogP contribution < -0.4 is 11.1 Å². The quantitative estimate of drug-likeness (QED) is 0.651. The molecule has 7 heteroatoms. The van der Waals surface area contributed by atoms with Crippen molar-refractivity contribution in [3.05, 3.63) is 52.3 Å². The van der Waals surface area contributed by atoms with E-state index in [0.29, 0.717) is 27.4 Å². The molecule has 1 fully saturated rings. The van der Waals surface area contributed by atoms with E-state index in [4.69, 9.17) is 17.3 Å². The Labute approximate surface area is 154 Å². The maximum absolute atomic E-state index is 14.8. The summed E-state index contributed by atoms with van der Waals surface area (Å²) >= 11 is 6.02. The number of nitrogens with two attached hydrogens (primary N) is 1. The number of amides is 1. The van der Waals surface area contributed by atoms with Crippen molar-refractivity contribution in [1.29, 1.82) is 0 Å². The molecule has 1 atom stereocenters. The standard InChI is InChI=1S/C19H18ClFN4O/c20-11-8-13(18(22)26)17-16(9-11)24-19(25-17)12-5-4-10(7-14(12)21)15-3-1-2-6-23-15/h4-5,7-9,15,23H,1-3,6H2,(H2,22,26)(H,24,25). The highest BCUT2D eigenvalue weighted by Crippen LogP contribution is 2.30. The van der Waals surface area contributed by atoms with Crippen LogP contribution in [0.25, 0.3) is 22.4 Å². The highest BCUT2D eigenvalue weighted by Gasteiger charge is 2.19. The number of rotatable bonds is 3. The molecule has 0 radical (unpaired) electrons. The van der Waals surface area contributed by atoms with Gasteiger partial charge in [-0.3, -0.25) is 4.79 Å². The molecular formula is C19H18ClFN4O. The normalized spacial score (nSPS) is 17.5. The number of carbonyl (C=O) groups is 1. The second-order valence-corrected chi connectivity index (χ2v) is 6.98. The van der Waals surface area contributed by atoms with Crippen LogP contribution in [0.3, 0.4) is 0 Å². The molecule has 0 spiro atoms. The fourth-order valence-electron chi connectivity index (χ4n) is 3.47. The van der Waals surface area contributed by atoms with E-state index >= 15 is 0 Å². The third-order valence-corrected chi connectivity index (χ3v) is 5.00. The average molecular weight is 373 g/mol. The van der Waals surface area contributed by atoms with Crippen molar-refractivity contribution in [3.63, 3.8) is 0 Å². The Morgan fingerprint density at radius 3 is 2.81 bits per heavy atom. The molecule has 3 aromatic rings. The number of carbonyl (C=O) groups excluding carboxylic acids is 1. The van der Waals surface area contributed by atoms with Crippen LogP contribution in [0, 0.1) is 5.82 Å². The van der Waals surface area contributed by atoms with Crippen LogP contribution in [0.15, 0.2) is 30.3 Å². The number of benzene rings is 2. The Hall–Kier alpha value is -2.44. The summed E-state index contributed by atoms with van der Waals surface area (Å²) in [6.45, 7) is 0.953. The average Bonchev–Trinajstić information content (AvgIpc) is 3.04. The summed E-state index contributed by atoms with van der Waals surface area (Å²) in [5.74, 6) is -0.652. The number of nitrogens with zero attached hydrogens (tertiary/aromatic N) is 1. The van der Waals surface area contributed by atoms with Gasteiger partial charge in [0, 0.05) is 11.1 Å². The second kappa shape index (κ2) is 6.70. The lowest BCUT2D eigenvalue weighted by Crippen LogP contribution is -2.26. The summed E-state index contributed by atoms with van der Waals surface area (Å²) in [6.07, 6.45) is 3.30. The molecule has 0 bridgehead atoms. The van der Waals surface area contributed by atoms with Gasteiger partial charge in [0.1, 0.15) is 17.2 Å². The van der Waals surface area contributed by atoms with Crippen molar-refractivity contribution < 1.29 is 9.18 Å². The molecule has 1 saturated heterocycles. The molecule has 5 nitrogen and oxygen atoms in total. The first-order valence-electron chi connectivity index (χ1n) is 8.55. The van der Waals surface area contributed by atoms with Crippen LogP contribution in [0.2, 0.25) is 5.02 Å². The molecule has 4 rings (SSSR count). The predicted octanol–water partition coefficient (Wildman–Crippen LogP) is 3.94. The highest BCUT2D eigenvalue weighted by molar-refractivity contribution is 6.32. The Kier molecular flexibility index (Phi) is 4.38. The molecule has 2 heterocycles. The Morgan fingerprint density at radius 2 is 2.12 bits per heavy atom. The zero-order valence-electron chi connectivity index (χ0n) is 14.0. The minimum Gasteiger partial charge on any atom is -0.366 e. The van der Waals surface area contributed by atoms with Crippen molar-refractivity contribution in [2.45, 2.75) is 25.3 Å². The first-order valence-corrected chi connectivity index (χ1v) is 8.93. The molecule has 4 N–H and O–H groups in total. The summed E-state index contributed by atoms with van der Waals surface area (Å²) in [5, 5.41) is 3.78. The van der Waals surface area contributed by atoms with Gasteiger partial charge in [0.25, 0.3) is 5.91 Å². The molecule has 0 aliphatic carbocycles.